The van der Waals surface area contributed by atoms with Gasteiger partial charge in [-0.25, -0.2) is 0 Å². The SMILES string of the molecule is CCCc1cccc(CCC)c1N1CC(CC(C)(C)c2ccccc2)C1C(Cn1c(C)ccc1C)Oc1c(-c2ccc(Br)cc2)c(-c2ccccc2)c(Br)c(-c2ccccc2)c1-c1ccc(Br)cc1. The van der Waals surface area contributed by atoms with Crippen molar-refractivity contribution in [3.8, 4) is 50.3 Å². The quantitative estimate of drug-likeness (QED) is 0.0904. The largest absolute Gasteiger partial charge is 0.485 e. The van der Waals surface area contributed by atoms with Gasteiger partial charge in [0.2, 0.25) is 0 Å². The molecule has 69 heavy (non-hydrogen) atoms. The van der Waals surface area contributed by atoms with Crippen LogP contribution in [0.4, 0.5) is 5.69 Å². The van der Waals surface area contributed by atoms with Crippen molar-refractivity contribution in [3.05, 3.63) is 211 Å². The number of halogens is 3. The van der Waals surface area contributed by atoms with Gasteiger partial charge in [-0.1, -0.05) is 206 Å². The second-order valence-corrected chi connectivity index (χ2v) is 22.2. The van der Waals surface area contributed by atoms with Crippen molar-refractivity contribution in [3.63, 3.8) is 0 Å². The second-order valence-electron chi connectivity index (χ2n) is 19.6. The molecule has 3 nitrogen and oxygen atoms in total. The summed E-state index contributed by atoms with van der Waals surface area (Å²) >= 11 is 12.0. The number of rotatable bonds is 17. The standard InChI is InChI=1S/C63H63Br3N2O/c1-7-19-48-25-18-26-49(20-8-2)60(48)68-40-50(39-63(5,6)51-27-16-11-17-28-51)61(68)54(41-67-42(3)29-30-43(67)4)69-62-57(46-31-35-52(64)36-32-46)55(44-21-12-9-13-22-44)59(66)56(45-23-14-10-15-24-45)58(62)47-33-37-53(65)38-34-47/h9-18,21-38,50,54,61H,7-8,19-20,39-41H2,1-6H3. The third-order valence-electron chi connectivity index (χ3n) is 14.3. The number of aromatic nitrogens is 1. The van der Waals surface area contributed by atoms with Gasteiger partial charge in [-0.2, -0.15) is 0 Å². The number of hydrogen-bond acceptors (Lipinski definition) is 2. The van der Waals surface area contributed by atoms with E-state index in [0.29, 0.717) is 12.5 Å². The van der Waals surface area contributed by atoms with Gasteiger partial charge in [-0.05, 0) is 130 Å². The van der Waals surface area contributed by atoms with E-state index in [1.165, 1.54) is 33.8 Å². The van der Waals surface area contributed by atoms with E-state index < -0.39 is 0 Å². The molecule has 0 spiro atoms. The highest BCUT2D eigenvalue weighted by atomic mass is 79.9. The minimum Gasteiger partial charge on any atom is -0.485 e. The molecule has 352 valence electrons. The molecule has 0 amide bonds. The lowest BCUT2D eigenvalue weighted by atomic mass is 9.70. The van der Waals surface area contributed by atoms with E-state index in [4.69, 9.17) is 4.74 Å². The summed E-state index contributed by atoms with van der Waals surface area (Å²) < 4.78 is 14.0. The fraction of sp³-hybridized carbons (Fsp3) is 0.270. The summed E-state index contributed by atoms with van der Waals surface area (Å²) in [6, 6.07) is 62.1. The van der Waals surface area contributed by atoms with Crippen molar-refractivity contribution < 1.29 is 4.74 Å². The maximum Gasteiger partial charge on any atom is 0.137 e. The van der Waals surface area contributed by atoms with Crippen LogP contribution in [0.3, 0.4) is 0 Å². The van der Waals surface area contributed by atoms with E-state index in [9.17, 15) is 0 Å². The Morgan fingerprint density at radius 1 is 0.551 bits per heavy atom. The van der Waals surface area contributed by atoms with Gasteiger partial charge in [0, 0.05) is 65.2 Å². The normalized spacial score (nSPS) is 15.2. The van der Waals surface area contributed by atoms with Crippen molar-refractivity contribution in [2.24, 2.45) is 5.92 Å². The van der Waals surface area contributed by atoms with Crippen LogP contribution >= 0.6 is 47.8 Å². The predicted octanol–water partition coefficient (Wildman–Crippen LogP) is 18.3. The van der Waals surface area contributed by atoms with Crippen molar-refractivity contribution >= 4 is 53.5 Å². The van der Waals surface area contributed by atoms with E-state index in [-0.39, 0.29) is 17.6 Å². The Morgan fingerprint density at radius 3 is 1.46 bits per heavy atom. The van der Waals surface area contributed by atoms with Crippen LogP contribution in [0.5, 0.6) is 5.75 Å². The first-order valence-corrected chi connectivity index (χ1v) is 27.1. The highest BCUT2D eigenvalue weighted by Gasteiger charge is 2.49. The van der Waals surface area contributed by atoms with E-state index in [2.05, 4.69) is 269 Å². The maximum atomic E-state index is 8.41. The summed E-state index contributed by atoms with van der Waals surface area (Å²) in [4.78, 5) is 2.79. The average Bonchev–Trinajstić information content (AvgIpc) is 3.67. The van der Waals surface area contributed by atoms with E-state index in [1.807, 2.05) is 0 Å². The predicted molar refractivity (Wildman–Crippen MR) is 303 cm³/mol. The molecule has 8 aromatic rings. The van der Waals surface area contributed by atoms with Crippen LogP contribution in [-0.2, 0) is 24.8 Å². The number of para-hydroxylation sites is 1. The molecule has 1 aliphatic rings. The molecule has 1 aromatic heterocycles. The number of hydrogen-bond donors (Lipinski definition) is 0. The summed E-state index contributed by atoms with van der Waals surface area (Å²) in [6.07, 6.45) is 4.98. The Hall–Kier alpha value is -5.14. The topological polar surface area (TPSA) is 17.4 Å². The summed E-state index contributed by atoms with van der Waals surface area (Å²) in [5, 5.41) is 0. The summed E-state index contributed by atoms with van der Waals surface area (Å²) in [5.74, 6) is 1.21. The molecular weight excluding hydrogens is 1040 g/mol. The Bertz CT molecular complexity index is 2840. The highest BCUT2D eigenvalue weighted by molar-refractivity contribution is 9.11. The Balaban J connectivity index is 1.37. The third-order valence-corrected chi connectivity index (χ3v) is 16.2. The van der Waals surface area contributed by atoms with Crippen LogP contribution in [-0.4, -0.2) is 23.3 Å². The maximum absolute atomic E-state index is 8.41. The fourth-order valence-corrected chi connectivity index (χ4v) is 12.4. The fourth-order valence-electron chi connectivity index (χ4n) is 11.0. The van der Waals surface area contributed by atoms with Crippen LogP contribution in [0, 0.1) is 19.8 Å². The van der Waals surface area contributed by atoms with Gasteiger partial charge < -0.3 is 14.2 Å². The number of ether oxygens (including phenoxy) is 1. The van der Waals surface area contributed by atoms with Gasteiger partial charge in [0.15, 0.2) is 0 Å². The van der Waals surface area contributed by atoms with E-state index in [1.54, 1.807) is 0 Å². The molecule has 6 heteroatoms. The first kappa shape index (κ1) is 48.9. The van der Waals surface area contributed by atoms with Crippen LogP contribution in [0.25, 0.3) is 44.5 Å². The van der Waals surface area contributed by atoms with Gasteiger partial charge in [0.25, 0.3) is 0 Å². The zero-order valence-electron chi connectivity index (χ0n) is 40.8. The number of benzene rings is 7. The summed E-state index contributed by atoms with van der Waals surface area (Å²) in [7, 11) is 0. The van der Waals surface area contributed by atoms with Crippen LogP contribution in [0.1, 0.15) is 75.0 Å². The van der Waals surface area contributed by atoms with E-state index >= 15 is 0 Å². The molecule has 0 N–H and O–H groups in total. The molecule has 0 radical (unpaired) electrons. The third kappa shape index (κ3) is 10.2. The van der Waals surface area contributed by atoms with Gasteiger partial charge in [0.1, 0.15) is 11.9 Å². The first-order valence-electron chi connectivity index (χ1n) is 24.7. The molecular formula is C63H63Br3N2O. The Kier molecular flexibility index (Phi) is 15.2. The van der Waals surface area contributed by atoms with Crippen LogP contribution < -0.4 is 9.64 Å². The summed E-state index contributed by atoms with van der Waals surface area (Å²) in [5.41, 5.74) is 16.8. The van der Waals surface area contributed by atoms with Crippen molar-refractivity contribution in [2.75, 3.05) is 11.4 Å². The lowest BCUT2D eigenvalue weighted by Gasteiger charge is -2.55. The molecule has 2 heterocycles. The van der Waals surface area contributed by atoms with Crippen LogP contribution in [0.2, 0.25) is 0 Å². The molecule has 0 bridgehead atoms. The lowest BCUT2D eigenvalue weighted by Crippen LogP contribution is -2.65. The van der Waals surface area contributed by atoms with Crippen molar-refractivity contribution in [1.29, 1.82) is 0 Å². The molecule has 1 aliphatic heterocycles. The highest BCUT2D eigenvalue weighted by Crippen LogP contribution is 2.56. The second kappa shape index (κ2) is 21.5. The van der Waals surface area contributed by atoms with Crippen molar-refractivity contribution in [2.45, 2.75) is 97.8 Å². The monoisotopic (exact) mass is 1100 g/mol. The molecule has 0 aliphatic carbocycles. The molecule has 3 unspecified atom stereocenters. The molecule has 0 saturated carbocycles. The van der Waals surface area contributed by atoms with Gasteiger partial charge >= 0.3 is 0 Å². The zero-order valence-corrected chi connectivity index (χ0v) is 45.5. The molecule has 7 aromatic carbocycles. The average molecular weight is 1100 g/mol. The number of anilines is 1. The zero-order chi connectivity index (χ0) is 48.2. The van der Waals surface area contributed by atoms with Crippen LogP contribution in [0.15, 0.2) is 183 Å². The number of aryl methyl sites for hydroxylation is 4. The van der Waals surface area contributed by atoms with Gasteiger partial charge in [0.05, 0.1) is 12.6 Å². The summed E-state index contributed by atoms with van der Waals surface area (Å²) in [6.45, 7) is 15.6. The minimum atomic E-state index is -0.277. The molecule has 1 fully saturated rings. The Morgan fingerprint density at radius 2 is 1.00 bits per heavy atom. The lowest BCUT2D eigenvalue weighted by molar-refractivity contribution is 0.0731. The first-order chi connectivity index (χ1) is 33.5. The van der Waals surface area contributed by atoms with Crippen molar-refractivity contribution in [1.82, 2.24) is 4.57 Å². The van der Waals surface area contributed by atoms with Gasteiger partial charge in [-0.15, -0.1) is 0 Å². The number of nitrogens with zero attached hydrogens (tertiary/aromatic N) is 2. The molecule has 9 rings (SSSR count). The minimum absolute atomic E-state index is 0.0438. The van der Waals surface area contributed by atoms with Gasteiger partial charge in [-0.3, -0.25) is 0 Å². The Labute approximate surface area is 436 Å². The molecule has 3 atom stereocenters. The van der Waals surface area contributed by atoms with E-state index in [0.717, 1.165) is 102 Å². The molecule has 1 saturated heterocycles. The smallest absolute Gasteiger partial charge is 0.137 e.